The first-order chi connectivity index (χ1) is 10.2. The summed E-state index contributed by atoms with van der Waals surface area (Å²) in [5.41, 5.74) is 4.82. The Bertz CT molecular complexity index is 807. The van der Waals surface area contributed by atoms with Crippen LogP contribution in [0, 0.1) is 6.92 Å². The molecule has 0 aliphatic rings. The molecule has 0 radical (unpaired) electrons. The molecule has 1 aromatic carbocycles. The zero-order chi connectivity index (χ0) is 14.8. The van der Waals surface area contributed by atoms with Crippen molar-refractivity contribution >= 4 is 17.4 Å². The number of rotatable bonds is 2. The van der Waals surface area contributed by atoms with E-state index in [1.54, 1.807) is 7.05 Å². The Hall–Kier alpha value is -2.82. The van der Waals surface area contributed by atoms with Crippen LogP contribution in [-0.2, 0) is 0 Å². The van der Waals surface area contributed by atoms with Gasteiger partial charge in [0.15, 0.2) is 0 Å². The van der Waals surface area contributed by atoms with E-state index in [9.17, 15) is 4.79 Å². The number of pyridine rings is 1. The highest BCUT2D eigenvalue weighted by molar-refractivity contribution is 5.89. The largest absolute Gasteiger partial charge is 0.341 e. The van der Waals surface area contributed by atoms with E-state index in [0.717, 1.165) is 22.6 Å². The van der Waals surface area contributed by atoms with Gasteiger partial charge in [-0.3, -0.25) is 4.40 Å². The average molecular weight is 280 g/mol. The lowest BCUT2D eigenvalue weighted by atomic mass is 10.1. The summed E-state index contributed by atoms with van der Waals surface area (Å²) in [5, 5.41) is 5.31. The van der Waals surface area contributed by atoms with E-state index in [0.29, 0.717) is 0 Å². The normalized spacial score (nSPS) is 10.6. The van der Waals surface area contributed by atoms with Gasteiger partial charge in [0.1, 0.15) is 5.65 Å². The second-order valence-electron chi connectivity index (χ2n) is 4.86. The van der Waals surface area contributed by atoms with Crippen LogP contribution in [0.2, 0.25) is 0 Å². The zero-order valence-electron chi connectivity index (χ0n) is 11.9. The molecule has 2 aromatic heterocycles. The van der Waals surface area contributed by atoms with Gasteiger partial charge < -0.3 is 10.6 Å². The number of fused-ring (bicyclic) bond motifs is 1. The molecule has 0 fully saturated rings. The van der Waals surface area contributed by atoms with Crippen LogP contribution in [0.3, 0.4) is 0 Å². The van der Waals surface area contributed by atoms with E-state index in [1.165, 1.54) is 5.56 Å². The monoisotopic (exact) mass is 280 g/mol. The summed E-state index contributed by atoms with van der Waals surface area (Å²) >= 11 is 0. The zero-order valence-corrected chi connectivity index (χ0v) is 11.9. The molecule has 0 aliphatic heterocycles. The molecule has 106 valence electrons. The Morgan fingerprint density at radius 2 is 2.10 bits per heavy atom. The Morgan fingerprint density at radius 1 is 1.24 bits per heavy atom. The lowest BCUT2D eigenvalue weighted by Crippen LogP contribution is -2.24. The summed E-state index contributed by atoms with van der Waals surface area (Å²) in [6.07, 6.45) is 3.85. The Kier molecular flexibility index (Phi) is 3.31. The molecule has 2 N–H and O–H groups in total. The molecule has 0 unspecified atom stereocenters. The molecule has 21 heavy (non-hydrogen) atoms. The van der Waals surface area contributed by atoms with Gasteiger partial charge in [-0.15, -0.1) is 0 Å². The SMILES string of the molecule is CNC(=O)Nc1cccc(-c2cnc3cc(C)ccn23)c1. The molecule has 3 aromatic rings. The number of aryl methyl sites for hydroxylation is 1. The number of aromatic nitrogens is 2. The van der Waals surface area contributed by atoms with Crippen molar-refractivity contribution in [3.8, 4) is 11.3 Å². The van der Waals surface area contributed by atoms with Gasteiger partial charge in [-0.05, 0) is 36.8 Å². The highest BCUT2D eigenvalue weighted by Gasteiger charge is 2.07. The molecule has 3 rings (SSSR count). The van der Waals surface area contributed by atoms with Gasteiger partial charge in [-0.1, -0.05) is 12.1 Å². The van der Waals surface area contributed by atoms with Crippen molar-refractivity contribution in [1.29, 1.82) is 0 Å². The first kappa shape index (κ1) is 13.2. The summed E-state index contributed by atoms with van der Waals surface area (Å²) < 4.78 is 2.03. The minimum Gasteiger partial charge on any atom is -0.341 e. The van der Waals surface area contributed by atoms with E-state index >= 15 is 0 Å². The molecule has 0 saturated carbocycles. The number of carbonyl (C=O) groups is 1. The topological polar surface area (TPSA) is 58.4 Å². The summed E-state index contributed by atoms with van der Waals surface area (Å²) in [6.45, 7) is 2.04. The number of hydrogen-bond acceptors (Lipinski definition) is 2. The number of benzene rings is 1. The summed E-state index contributed by atoms with van der Waals surface area (Å²) in [4.78, 5) is 15.8. The van der Waals surface area contributed by atoms with Crippen LogP contribution in [-0.4, -0.2) is 22.5 Å². The number of urea groups is 1. The van der Waals surface area contributed by atoms with Crippen LogP contribution in [0.4, 0.5) is 10.5 Å². The minimum atomic E-state index is -0.235. The fourth-order valence-electron chi connectivity index (χ4n) is 2.25. The number of anilines is 1. The van der Waals surface area contributed by atoms with E-state index < -0.39 is 0 Å². The third-order valence-corrected chi connectivity index (χ3v) is 3.31. The lowest BCUT2D eigenvalue weighted by molar-refractivity contribution is 0.254. The van der Waals surface area contributed by atoms with Crippen LogP contribution in [0.1, 0.15) is 5.56 Å². The highest BCUT2D eigenvalue weighted by Crippen LogP contribution is 2.24. The molecule has 0 atom stereocenters. The maximum absolute atomic E-state index is 11.4. The van der Waals surface area contributed by atoms with E-state index in [2.05, 4.69) is 15.6 Å². The standard InChI is InChI=1S/C16H16N4O/c1-11-6-7-20-14(10-18-15(20)8-11)12-4-3-5-13(9-12)19-16(21)17-2/h3-10H,1-2H3,(H2,17,19,21). The predicted octanol–water partition coefficient (Wildman–Crippen LogP) is 3.06. The van der Waals surface area contributed by atoms with Gasteiger partial charge in [-0.2, -0.15) is 0 Å². The number of amides is 2. The van der Waals surface area contributed by atoms with Gasteiger partial charge in [0.05, 0.1) is 11.9 Å². The molecule has 0 bridgehead atoms. The Morgan fingerprint density at radius 3 is 2.90 bits per heavy atom. The number of imidazole rings is 1. The Labute approximate surface area is 122 Å². The number of nitrogens with one attached hydrogen (secondary N) is 2. The van der Waals surface area contributed by atoms with E-state index in [4.69, 9.17) is 0 Å². The maximum atomic E-state index is 11.4. The smallest absolute Gasteiger partial charge is 0.318 e. The summed E-state index contributed by atoms with van der Waals surface area (Å²) in [6, 6.07) is 11.5. The van der Waals surface area contributed by atoms with Crippen molar-refractivity contribution in [3.63, 3.8) is 0 Å². The van der Waals surface area contributed by atoms with Crippen LogP contribution in [0.15, 0.2) is 48.8 Å². The van der Waals surface area contributed by atoms with Gasteiger partial charge >= 0.3 is 6.03 Å². The number of carbonyl (C=O) groups excluding carboxylic acids is 1. The average Bonchev–Trinajstić information content (AvgIpc) is 2.90. The molecule has 5 nitrogen and oxygen atoms in total. The third kappa shape index (κ3) is 2.58. The molecule has 2 amide bonds. The van der Waals surface area contributed by atoms with Crippen molar-refractivity contribution in [3.05, 3.63) is 54.4 Å². The molecule has 0 aliphatic carbocycles. The lowest BCUT2D eigenvalue weighted by Gasteiger charge is -2.07. The molecular formula is C16H16N4O. The third-order valence-electron chi connectivity index (χ3n) is 3.31. The molecule has 5 heteroatoms. The van der Waals surface area contributed by atoms with Crippen LogP contribution < -0.4 is 10.6 Å². The van der Waals surface area contributed by atoms with Crippen LogP contribution in [0.5, 0.6) is 0 Å². The predicted molar refractivity (Wildman–Crippen MR) is 83.4 cm³/mol. The quantitative estimate of drug-likeness (QED) is 0.758. The van der Waals surface area contributed by atoms with Crippen molar-refractivity contribution in [1.82, 2.24) is 14.7 Å². The number of nitrogens with zero attached hydrogens (tertiary/aromatic N) is 2. The molecular weight excluding hydrogens is 264 g/mol. The second-order valence-corrected chi connectivity index (χ2v) is 4.86. The van der Waals surface area contributed by atoms with Crippen LogP contribution >= 0.6 is 0 Å². The minimum absolute atomic E-state index is 0.235. The van der Waals surface area contributed by atoms with Crippen molar-refractivity contribution in [2.45, 2.75) is 6.92 Å². The van der Waals surface area contributed by atoms with Crippen LogP contribution in [0.25, 0.3) is 16.9 Å². The number of hydrogen-bond donors (Lipinski definition) is 2. The second kappa shape index (κ2) is 5.28. The van der Waals surface area contributed by atoms with Gasteiger partial charge in [0.2, 0.25) is 0 Å². The fraction of sp³-hybridized carbons (Fsp3) is 0.125. The first-order valence-electron chi connectivity index (χ1n) is 6.70. The van der Waals surface area contributed by atoms with Gasteiger partial charge in [-0.25, -0.2) is 9.78 Å². The molecule has 0 saturated heterocycles. The van der Waals surface area contributed by atoms with Gasteiger partial charge in [0.25, 0.3) is 0 Å². The van der Waals surface area contributed by atoms with E-state index in [-0.39, 0.29) is 6.03 Å². The van der Waals surface area contributed by atoms with Crippen molar-refractivity contribution < 1.29 is 4.79 Å². The highest BCUT2D eigenvalue weighted by atomic mass is 16.2. The maximum Gasteiger partial charge on any atom is 0.318 e. The summed E-state index contributed by atoms with van der Waals surface area (Å²) in [5.74, 6) is 0. The Balaban J connectivity index is 2.02. The van der Waals surface area contributed by atoms with Crippen molar-refractivity contribution in [2.24, 2.45) is 0 Å². The fourth-order valence-corrected chi connectivity index (χ4v) is 2.25. The van der Waals surface area contributed by atoms with Crippen molar-refractivity contribution in [2.75, 3.05) is 12.4 Å². The molecule has 0 spiro atoms. The first-order valence-corrected chi connectivity index (χ1v) is 6.70. The molecule has 2 heterocycles. The van der Waals surface area contributed by atoms with Gasteiger partial charge in [0, 0.05) is 24.5 Å². The summed E-state index contributed by atoms with van der Waals surface area (Å²) in [7, 11) is 1.59. The van der Waals surface area contributed by atoms with E-state index in [1.807, 2.05) is 60.1 Å².